The Morgan fingerprint density at radius 1 is 0.514 bits per heavy atom. The summed E-state index contributed by atoms with van der Waals surface area (Å²) in [5.74, 6) is 0.200. The highest BCUT2D eigenvalue weighted by molar-refractivity contribution is 5.77. The van der Waals surface area contributed by atoms with E-state index in [-0.39, 0.29) is 17.9 Å². The minimum atomic E-state index is -0.0934. The van der Waals surface area contributed by atoms with Crippen LogP contribution in [0.25, 0.3) is 0 Å². The Morgan fingerprint density at radius 2 is 0.829 bits per heavy atom. The first-order chi connectivity index (χ1) is 17.1. The molecular formula is C30H60N2O3. The molecule has 1 atom stereocenters. The van der Waals surface area contributed by atoms with Crippen LogP contribution < -0.4 is 10.6 Å². The van der Waals surface area contributed by atoms with Crippen molar-refractivity contribution in [2.45, 2.75) is 168 Å². The van der Waals surface area contributed by atoms with Crippen molar-refractivity contribution in [2.24, 2.45) is 0 Å². The fourth-order valence-electron chi connectivity index (χ4n) is 4.50. The van der Waals surface area contributed by atoms with E-state index < -0.39 is 0 Å². The Kier molecular flexibility index (Phi) is 26.6. The van der Waals surface area contributed by atoms with Crippen LogP contribution in [-0.2, 0) is 9.59 Å². The van der Waals surface area contributed by atoms with E-state index in [4.69, 9.17) is 0 Å². The molecule has 0 aliphatic carbocycles. The monoisotopic (exact) mass is 496 g/mol. The molecule has 0 aromatic rings. The zero-order valence-corrected chi connectivity index (χ0v) is 23.5. The highest BCUT2D eigenvalue weighted by Gasteiger charge is 2.05. The number of unbranched alkanes of at least 4 members (excludes halogenated alkanes) is 16. The molecule has 0 aromatic carbocycles. The highest BCUT2D eigenvalue weighted by Crippen LogP contribution is 2.14. The van der Waals surface area contributed by atoms with Crippen LogP contribution in [0, 0.1) is 0 Å². The fourth-order valence-corrected chi connectivity index (χ4v) is 4.50. The van der Waals surface area contributed by atoms with E-state index >= 15 is 0 Å². The average Bonchev–Trinajstić information content (AvgIpc) is 2.85. The number of aliphatic hydroxyl groups excluding tert-OH is 1. The van der Waals surface area contributed by atoms with E-state index in [1.807, 2.05) is 0 Å². The third kappa shape index (κ3) is 27.3. The van der Waals surface area contributed by atoms with Crippen LogP contribution in [-0.4, -0.2) is 36.1 Å². The molecule has 5 heteroatoms. The van der Waals surface area contributed by atoms with Crippen LogP contribution in [0.4, 0.5) is 0 Å². The van der Waals surface area contributed by atoms with E-state index in [9.17, 15) is 14.7 Å². The molecule has 1 unspecified atom stereocenters. The van der Waals surface area contributed by atoms with Crippen molar-refractivity contribution in [1.82, 2.24) is 10.6 Å². The second kappa shape index (κ2) is 27.5. The third-order valence-corrected chi connectivity index (χ3v) is 6.86. The van der Waals surface area contributed by atoms with Crippen LogP contribution in [0.3, 0.4) is 0 Å². The van der Waals surface area contributed by atoms with E-state index in [1.165, 1.54) is 89.9 Å². The normalized spacial score (nSPS) is 12.0. The number of hydrogen-bond acceptors (Lipinski definition) is 3. The Morgan fingerprint density at radius 3 is 1.23 bits per heavy atom. The second-order valence-electron chi connectivity index (χ2n) is 10.4. The summed E-state index contributed by atoms with van der Waals surface area (Å²) in [6.45, 7) is 5.49. The number of amides is 2. The van der Waals surface area contributed by atoms with Gasteiger partial charge in [0.2, 0.25) is 11.8 Å². The van der Waals surface area contributed by atoms with Crippen LogP contribution >= 0.6 is 0 Å². The van der Waals surface area contributed by atoms with E-state index in [2.05, 4.69) is 24.5 Å². The smallest absolute Gasteiger partial charge is 0.220 e. The maximum Gasteiger partial charge on any atom is 0.220 e. The Balaban J connectivity index is 3.33. The van der Waals surface area contributed by atoms with Gasteiger partial charge >= 0.3 is 0 Å². The lowest BCUT2D eigenvalue weighted by molar-refractivity contribution is -0.123. The molecule has 0 bridgehead atoms. The van der Waals surface area contributed by atoms with Gasteiger partial charge in [-0.1, -0.05) is 123 Å². The summed E-state index contributed by atoms with van der Waals surface area (Å²) in [7, 11) is 0. The predicted octanol–water partition coefficient (Wildman–Crippen LogP) is 7.59. The summed E-state index contributed by atoms with van der Waals surface area (Å²) >= 11 is 0. The maximum atomic E-state index is 11.9. The maximum absolute atomic E-state index is 11.9. The molecule has 0 aromatic heterocycles. The number of rotatable bonds is 27. The van der Waals surface area contributed by atoms with E-state index in [0.29, 0.717) is 25.9 Å². The zero-order valence-electron chi connectivity index (χ0n) is 23.5. The van der Waals surface area contributed by atoms with Gasteiger partial charge in [0.25, 0.3) is 0 Å². The number of hydrogen-bond donors (Lipinski definition) is 3. The van der Waals surface area contributed by atoms with Crippen molar-refractivity contribution >= 4 is 11.8 Å². The fraction of sp³-hybridized carbons (Fsp3) is 0.933. The van der Waals surface area contributed by atoms with Crippen LogP contribution in [0.1, 0.15) is 162 Å². The Hall–Kier alpha value is -1.10. The summed E-state index contributed by atoms with van der Waals surface area (Å²) < 4.78 is 0. The molecule has 0 fully saturated rings. The number of carbonyl (C=O) groups excluding carboxylic acids is 2. The van der Waals surface area contributed by atoms with Crippen LogP contribution in [0.15, 0.2) is 0 Å². The second-order valence-corrected chi connectivity index (χ2v) is 10.4. The molecule has 0 heterocycles. The summed E-state index contributed by atoms with van der Waals surface area (Å²) in [6, 6.07) is 0. The zero-order chi connectivity index (χ0) is 25.8. The van der Waals surface area contributed by atoms with E-state index in [0.717, 1.165) is 44.9 Å². The molecule has 208 valence electrons. The summed E-state index contributed by atoms with van der Waals surface area (Å²) in [6.07, 6.45) is 25.9. The van der Waals surface area contributed by atoms with Gasteiger partial charge in [-0.2, -0.15) is 0 Å². The van der Waals surface area contributed by atoms with Gasteiger partial charge < -0.3 is 15.7 Å². The Labute approximate surface area is 218 Å². The molecule has 0 saturated carbocycles. The molecule has 0 rings (SSSR count). The van der Waals surface area contributed by atoms with Crippen molar-refractivity contribution in [3.05, 3.63) is 0 Å². The lowest BCUT2D eigenvalue weighted by Crippen LogP contribution is -2.34. The summed E-state index contributed by atoms with van der Waals surface area (Å²) in [5.41, 5.74) is 0. The van der Waals surface area contributed by atoms with Crippen molar-refractivity contribution in [1.29, 1.82) is 0 Å². The van der Waals surface area contributed by atoms with Gasteiger partial charge in [0.1, 0.15) is 0 Å². The number of carbonyl (C=O) groups is 2. The van der Waals surface area contributed by atoms with Gasteiger partial charge in [-0.15, -0.1) is 0 Å². The van der Waals surface area contributed by atoms with Gasteiger partial charge in [-0.25, -0.2) is 0 Å². The van der Waals surface area contributed by atoms with Crippen molar-refractivity contribution < 1.29 is 14.7 Å². The first-order valence-electron chi connectivity index (χ1n) is 15.3. The summed E-state index contributed by atoms with van der Waals surface area (Å²) in [4.78, 5) is 23.8. The lowest BCUT2D eigenvalue weighted by Gasteiger charge is -2.10. The van der Waals surface area contributed by atoms with Gasteiger partial charge in [0.05, 0.1) is 6.10 Å². The average molecular weight is 497 g/mol. The largest absolute Gasteiger partial charge is 0.393 e. The van der Waals surface area contributed by atoms with Gasteiger partial charge in [0.15, 0.2) is 0 Å². The van der Waals surface area contributed by atoms with Crippen molar-refractivity contribution in [3.63, 3.8) is 0 Å². The quantitative estimate of drug-likeness (QED) is 0.102. The third-order valence-electron chi connectivity index (χ3n) is 6.86. The number of aliphatic hydroxyl groups is 1. The van der Waals surface area contributed by atoms with Crippen LogP contribution in [0.2, 0.25) is 0 Å². The molecule has 5 nitrogen and oxygen atoms in total. The molecule has 3 N–H and O–H groups in total. The number of nitrogens with one attached hydrogen (secondary N) is 2. The SMILES string of the molecule is CCCCCCCCCC(=O)NCCNC(=O)CCCCCCCCCCC(O)CCCCCC. The first-order valence-corrected chi connectivity index (χ1v) is 15.3. The molecule has 0 saturated heterocycles. The minimum Gasteiger partial charge on any atom is -0.393 e. The summed E-state index contributed by atoms with van der Waals surface area (Å²) in [5, 5.41) is 15.8. The van der Waals surface area contributed by atoms with Gasteiger partial charge in [-0.3, -0.25) is 9.59 Å². The molecule has 0 radical (unpaired) electrons. The van der Waals surface area contributed by atoms with Crippen molar-refractivity contribution in [2.75, 3.05) is 13.1 Å². The minimum absolute atomic E-state index is 0.0934. The predicted molar refractivity (Wildman–Crippen MR) is 150 cm³/mol. The van der Waals surface area contributed by atoms with Crippen molar-refractivity contribution in [3.8, 4) is 0 Å². The molecule has 35 heavy (non-hydrogen) atoms. The van der Waals surface area contributed by atoms with E-state index in [1.54, 1.807) is 0 Å². The Bertz CT molecular complexity index is 471. The van der Waals surface area contributed by atoms with Crippen LogP contribution in [0.5, 0.6) is 0 Å². The molecule has 2 amide bonds. The first kappa shape index (κ1) is 33.9. The molecule has 0 aliphatic heterocycles. The molecular weight excluding hydrogens is 436 g/mol. The molecule has 0 spiro atoms. The standard InChI is InChI=1S/C30H60N2O3/c1-3-5-7-9-12-16-20-24-29(34)31-26-27-32-30(35)25-21-17-14-11-10-13-15-19-23-28(33)22-18-8-6-4-2/h28,33H,3-27H2,1-2H3,(H,31,34)(H,32,35). The van der Waals surface area contributed by atoms with Gasteiger partial charge in [-0.05, 0) is 25.7 Å². The molecule has 0 aliphatic rings. The topological polar surface area (TPSA) is 78.4 Å². The van der Waals surface area contributed by atoms with Gasteiger partial charge in [0, 0.05) is 25.9 Å². The lowest BCUT2D eigenvalue weighted by atomic mass is 10.0. The highest BCUT2D eigenvalue weighted by atomic mass is 16.3.